The standard InChI is InChI=1S/C14H11N3O2/c18-13-7-3-1-5-10(13)11-9-17(16-15-11)12-6-2-4-8-14(12)19/h1-9,18-19H. The summed E-state index contributed by atoms with van der Waals surface area (Å²) in [5, 5.41) is 27.5. The van der Waals surface area contributed by atoms with E-state index in [1.165, 1.54) is 4.68 Å². The number of para-hydroxylation sites is 3. The van der Waals surface area contributed by atoms with Gasteiger partial charge < -0.3 is 10.2 Å². The Balaban J connectivity index is 2.06. The molecule has 3 rings (SSSR count). The van der Waals surface area contributed by atoms with Crippen molar-refractivity contribution in [1.82, 2.24) is 15.0 Å². The van der Waals surface area contributed by atoms with Crippen molar-refractivity contribution in [3.8, 4) is 28.4 Å². The van der Waals surface area contributed by atoms with Crippen molar-refractivity contribution in [2.75, 3.05) is 0 Å². The van der Waals surface area contributed by atoms with Crippen LogP contribution in [0.2, 0.25) is 0 Å². The largest absolute Gasteiger partial charge is 0.507 e. The average Bonchev–Trinajstić information content (AvgIpc) is 2.89. The smallest absolute Gasteiger partial charge is 0.141 e. The van der Waals surface area contributed by atoms with Crippen LogP contribution in [0.4, 0.5) is 0 Å². The van der Waals surface area contributed by atoms with E-state index in [4.69, 9.17) is 0 Å². The maximum Gasteiger partial charge on any atom is 0.141 e. The Morgan fingerprint density at radius 3 is 2.26 bits per heavy atom. The monoisotopic (exact) mass is 253 g/mol. The lowest BCUT2D eigenvalue weighted by molar-refractivity contribution is 0.470. The number of hydrogen-bond donors (Lipinski definition) is 2. The quantitative estimate of drug-likeness (QED) is 0.735. The van der Waals surface area contributed by atoms with Gasteiger partial charge in [0.25, 0.3) is 0 Å². The number of aromatic hydroxyl groups is 2. The number of benzene rings is 2. The normalized spacial score (nSPS) is 10.5. The summed E-state index contributed by atoms with van der Waals surface area (Å²) in [6.45, 7) is 0. The van der Waals surface area contributed by atoms with E-state index in [1.54, 1.807) is 48.7 Å². The van der Waals surface area contributed by atoms with Gasteiger partial charge in [0.2, 0.25) is 0 Å². The maximum atomic E-state index is 9.77. The molecule has 5 heteroatoms. The van der Waals surface area contributed by atoms with Crippen LogP contribution >= 0.6 is 0 Å². The molecule has 19 heavy (non-hydrogen) atoms. The summed E-state index contributed by atoms with van der Waals surface area (Å²) >= 11 is 0. The summed E-state index contributed by atoms with van der Waals surface area (Å²) in [7, 11) is 0. The molecule has 0 atom stereocenters. The zero-order chi connectivity index (χ0) is 13.2. The number of aromatic nitrogens is 3. The Hall–Kier alpha value is -2.82. The molecule has 5 nitrogen and oxygen atoms in total. The first kappa shape index (κ1) is 11.3. The molecule has 0 saturated heterocycles. The fourth-order valence-corrected chi connectivity index (χ4v) is 1.85. The average molecular weight is 253 g/mol. The van der Waals surface area contributed by atoms with Crippen molar-refractivity contribution in [2.24, 2.45) is 0 Å². The highest BCUT2D eigenvalue weighted by atomic mass is 16.3. The van der Waals surface area contributed by atoms with E-state index in [0.29, 0.717) is 16.9 Å². The highest BCUT2D eigenvalue weighted by Gasteiger charge is 2.10. The first-order valence-electron chi connectivity index (χ1n) is 5.75. The van der Waals surface area contributed by atoms with Crippen LogP contribution in [0, 0.1) is 0 Å². The lowest BCUT2D eigenvalue weighted by Crippen LogP contribution is -1.94. The molecule has 2 N–H and O–H groups in total. The maximum absolute atomic E-state index is 9.77. The lowest BCUT2D eigenvalue weighted by atomic mass is 10.1. The fraction of sp³-hybridized carbons (Fsp3) is 0. The van der Waals surface area contributed by atoms with Crippen LogP contribution in [0.1, 0.15) is 0 Å². The van der Waals surface area contributed by atoms with Crippen LogP contribution in [-0.2, 0) is 0 Å². The third-order valence-electron chi connectivity index (χ3n) is 2.80. The second kappa shape index (κ2) is 4.45. The molecule has 2 aromatic carbocycles. The number of phenolic OH excluding ortho intramolecular Hbond substituents is 2. The van der Waals surface area contributed by atoms with Gasteiger partial charge in [-0.2, -0.15) is 0 Å². The minimum absolute atomic E-state index is 0.122. The Morgan fingerprint density at radius 1 is 0.842 bits per heavy atom. The summed E-state index contributed by atoms with van der Waals surface area (Å²) in [4.78, 5) is 0. The van der Waals surface area contributed by atoms with Crippen molar-refractivity contribution in [3.63, 3.8) is 0 Å². The zero-order valence-corrected chi connectivity index (χ0v) is 9.93. The van der Waals surface area contributed by atoms with Crippen LogP contribution in [-0.4, -0.2) is 25.2 Å². The van der Waals surface area contributed by atoms with E-state index in [-0.39, 0.29) is 11.5 Å². The van der Waals surface area contributed by atoms with Gasteiger partial charge in [-0.3, -0.25) is 0 Å². The zero-order valence-electron chi connectivity index (χ0n) is 9.93. The molecule has 0 unspecified atom stereocenters. The third kappa shape index (κ3) is 2.01. The summed E-state index contributed by atoms with van der Waals surface area (Å²) in [5.74, 6) is 0.267. The molecule has 0 aliphatic carbocycles. The van der Waals surface area contributed by atoms with Gasteiger partial charge in [-0.1, -0.05) is 29.5 Å². The summed E-state index contributed by atoms with van der Waals surface area (Å²) in [6, 6.07) is 13.8. The Bertz CT molecular complexity index is 662. The first-order valence-corrected chi connectivity index (χ1v) is 5.75. The van der Waals surface area contributed by atoms with Crippen molar-refractivity contribution >= 4 is 0 Å². The van der Waals surface area contributed by atoms with Crippen molar-refractivity contribution < 1.29 is 10.2 Å². The van der Waals surface area contributed by atoms with Crippen LogP contribution in [0.15, 0.2) is 54.7 Å². The molecule has 1 heterocycles. The van der Waals surface area contributed by atoms with E-state index < -0.39 is 0 Å². The van der Waals surface area contributed by atoms with E-state index in [0.717, 1.165) is 0 Å². The first-order chi connectivity index (χ1) is 9.25. The van der Waals surface area contributed by atoms with Crippen LogP contribution in [0.3, 0.4) is 0 Å². The molecule has 0 amide bonds. The summed E-state index contributed by atoms with van der Waals surface area (Å²) in [5.41, 5.74) is 1.68. The van der Waals surface area contributed by atoms with Crippen LogP contribution < -0.4 is 0 Å². The summed E-state index contributed by atoms with van der Waals surface area (Å²) < 4.78 is 1.47. The van der Waals surface area contributed by atoms with E-state index in [9.17, 15) is 10.2 Å². The number of phenols is 2. The predicted molar refractivity (Wildman–Crippen MR) is 70.1 cm³/mol. The Morgan fingerprint density at radius 2 is 1.53 bits per heavy atom. The molecule has 1 aromatic heterocycles. The van der Waals surface area contributed by atoms with Gasteiger partial charge in [0.05, 0.1) is 6.20 Å². The minimum atomic E-state index is 0.122. The SMILES string of the molecule is Oc1ccccc1-c1cn(-c2ccccc2O)nn1. The molecular weight excluding hydrogens is 242 g/mol. The van der Waals surface area contributed by atoms with Crippen LogP contribution in [0.25, 0.3) is 16.9 Å². The minimum Gasteiger partial charge on any atom is -0.507 e. The molecule has 0 saturated carbocycles. The predicted octanol–water partition coefficient (Wildman–Crippen LogP) is 2.35. The van der Waals surface area contributed by atoms with Gasteiger partial charge in [-0.05, 0) is 24.3 Å². The van der Waals surface area contributed by atoms with Gasteiger partial charge in [-0.25, -0.2) is 4.68 Å². The van der Waals surface area contributed by atoms with E-state index in [1.807, 2.05) is 6.07 Å². The van der Waals surface area contributed by atoms with E-state index >= 15 is 0 Å². The molecule has 0 fully saturated rings. The van der Waals surface area contributed by atoms with Gasteiger partial charge in [0, 0.05) is 5.56 Å². The van der Waals surface area contributed by atoms with Crippen molar-refractivity contribution in [2.45, 2.75) is 0 Å². The number of hydrogen-bond acceptors (Lipinski definition) is 4. The van der Waals surface area contributed by atoms with Gasteiger partial charge in [-0.15, -0.1) is 5.10 Å². The third-order valence-corrected chi connectivity index (χ3v) is 2.80. The molecule has 0 radical (unpaired) electrons. The second-order valence-corrected chi connectivity index (χ2v) is 4.05. The molecular formula is C14H11N3O2. The van der Waals surface area contributed by atoms with Gasteiger partial charge in [0.15, 0.2) is 0 Å². The van der Waals surface area contributed by atoms with E-state index in [2.05, 4.69) is 10.3 Å². The molecule has 0 aliphatic rings. The van der Waals surface area contributed by atoms with Crippen molar-refractivity contribution in [1.29, 1.82) is 0 Å². The van der Waals surface area contributed by atoms with Gasteiger partial charge in [0.1, 0.15) is 22.9 Å². The fourth-order valence-electron chi connectivity index (χ4n) is 1.85. The molecule has 0 spiro atoms. The topological polar surface area (TPSA) is 71.2 Å². The molecule has 0 aliphatic heterocycles. The molecule has 0 bridgehead atoms. The molecule has 94 valence electrons. The number of rotatable bonds is 2. The summed E-state index contributed by atoms with van der Waals surface area (Å²) in [6.07, 6.45) is 1.66. The van der Waals surface area contributed by atoms with Gasteiger partial charge >= 0.3 is 0 Å². The second-order valence-electron chi connectivity index (χ2n) is 4.05. The lowest BCUT2D eigenvalue weighted by Gasteiger charge is -2.02. The highest BCUT2D eigenvalue weighted by molar-refractivity contribution is 5.66. The molecule has 3 aromatic rings. The Kier molecular flexibility index (Phi) is 2.64. The Labute approximate surface area is 109 Å². The highest BCUT2D eigenvalue weighted by Crippen LogP contribution is 2.28. The van der Waals surface area contributed by atoms with Crippen molar-refractivity contribution in [3.05, 3.63) is 54.7 Å². The van der Waals surface area contributed by atoms with Crippen LogP contribution in [0.5, 0.6) is 11.5 Å². The number of nitrogens with zero attached hydrogens (tertiary/aromatic N) is 3.